The molecule has 5 heteroatoms. The van der Waals surface area contributed by atoms with Gasteiger partial charge >= 0.3 is 0 Å². The number of carbonyl (C=O) groups is 3. The van der Waals surface area contributed by atoms with Crippen LogP contribution in [0.1, 0.15) is 125 Å². The number of imide groups is 1. The summed E-state index contributed by atoms with van der Waals surface area (Å²) >= 11 is 0. The predicted octanol–water partition coefficient (Wildman–Crippen LogP) is 5.85. The Labute approximate surface area is 195 Å². The molecule has 0 radical (unpaired) electrons. The molecule has 0 bridgehead atoms. The fourth-order valence-electron chi connectivity index (χ4n) is 7.29. The Hall–Kier alpha value is -1.39. The number of carbonyl (C=O) groups excluding carboxylic acids is 3. The fraction of sp³-hybridized carbons (Fsp3) is 0.889. The van der Waals surface area contributed by atoms with Gasteiger partial charge in [0.15, 0.2) is 0 Å². The van der Waals surface area contributed by atoms with Crippen LogP contribution in [0.15, 0.2) is 0 Å². The summed E-state index contributed by atoms with van der Waals surface area (Å²) in [4.78, 5) is 42.8. The number of piperidine rings is 1. The van der Waals surface area contributed by atoms with E-state index in [1.807, 2.05) is 4.90 Å². The number of hydrogen-bond donors (Lipinski definition) is 0. The highest BCUT2D eigenvalue weighted by molar-refractivity contribution is 6.04. The molecular weight excluding hydrogens is 400 g/mol. The number of nitrogens with zero attached hydrogens (tertiary/aromatic N) is 2. The van der Waals surface area contributed by atoms with Gasteiger partial charge in [-0.1, -0.05) is 57.8 Å². The lowest BCUT2D eigenvalue weighted by Gasteiger charge is -2.56. The van der Waals surface area contributed by atoms with E-state index in [-0.39, 0.29) is 40.8 Å². The van der Waals surface area contributed by atoms with Crippen LogP contribution in [-0.2, 0) is 14.4 Å². The van der Waals surface area contributed by atoms with Gasteiger partial charge in [-0.3, -0.25) is 19.3 Å². The van der Waals surface area contributed by atoms with Crippen molar-refractivity contribution in [2.24, 2.45) is 11.8 Å². The summed E-state index contributed by atoms with van der Waals surface area (Å²) in [6, 6.07) is -0.119. The third-order valence-corrected chi connectivity index (χ3v) is 8.30. The Morgan fingerprint density at radius 1 is 0.781 bits per heavy atom. The fourth-order valence-corrected chi connectivity index (χ4v) is 7.29. The van der Waals surface area contributed by atoms with Crippen molar-refractivity contribution in [2.75, 3.05) is 0 Å². The molecule has 3 fully saturated rings. The molecule has 2 aliphatic heterocycles. The predicted molar refractivity (Wildman–Crippen MR) is 128 cm³/mol. The van der Waals surface area contributed by atoms with Crippen molar-refractivity contribution in [3.63, 3.8) is 0 Å². The van der Waals surface area contributed by atoms with Crippen LogP contribution in [-0.4, -0.2) is 44.6 Å². The van der Waals surface area contributed by atoms with E-state index < -0.39 is 0 Å². The molecular formula is C27H46N2O3. The van der Waals surface area contributed by atoms with E-state index in [0.717, 1.165) is 12.8 Å². The first kappa shape index (κ1) is 25.2. The Kier molecular flexibility index (Phi) is 8.09. The molecule has 1 saturated carbocycles. The number of amides is 3. The maximum absolute atomic E-state index is 13.7. The molecule has 2 saturated heterocycles. The molecule has 3 amide bonds. The van der Waals surface area contributed by atoms with Crippen LogP contribution in [0.5, 0.6) is 0 Å². The molecule has 182 valence electrons. The van der Waals surface area contributed by atoms with Crippen LogP contribution in [0.2, 0.25) is 0 Å². The van der Waals surface area contributed by atoms with Crippen molar-refractivity contribution in [2.45, 2.75) is 142 Å². The van der Waals surface area contributed by atoms with Crippen molar-refractivity contribution in [1.82, 2.24) is 9.80 Å². The van der Waals surface area contributed by atoms with Gasteiger partial charge in [0.1, 0.15) is 0 Å². The van der Waals surface area contributed by atoms with Crippen LogP contribution in [0.25, 0.3) is 0 Å². The average molecular weight is 447 g/mol. The largest absolute Gasteiger partial charge is 0.333 e. The topological polar surface area (TPSA) is 57.7 Å². The first-order valence-corrected chi connectivity index (χ1v) is 13.2. The summed E-state index contributed by atoms with van der Waals surface area (Å²) in [5, 5.41) is 0. The minimum Gasteiger partial charge on any atom is -0.333 e. The van der Waals surface area contributed by atoms with Crippen molar-refractivity contribution in [3.05, 3.63) is 0 Å². The Morgan fingerprint density at radius 2 is 1.22 bits per heavy atom. The van der Waals surface area contributed by atoms with E-state index in [2.05, 4.69) is 27.7 Å². The van der Waals surface area contributed by atoms with E-state index >= 15 is 0 Å². The number of likely N-dealkylation sites (tertiary alicyclic amines) is 2. The molecule has 0 N–H and O–H groups in total. The minimum absolute atomic E-state index is 0.0130. The standard InChI is InChI=1S/C27H46N2O3/c1-20(30)29-26(2,3)18-22(19-27(29,4)5)28-24(31)17-23(25(28)32)21-15-13-11-9-7-6-8-10-12-14-16-21/h21-23H,6-19H2,1-5H3. The van der Waals surface area contributed by atoms with E-state index in [1.165, 1.54) is 57.8 Å². The molecule has 1 unspecified atom stereocenters. The molecule has 0 aromatic rings. The van der Waals surface area contributed by atoms with Crippen LogP contribution in [0.4, 0.5) is 0 Å². The van der Waals surface area contributed by atoms with E-state index in [0.29, 0.717) is 25.2 Å². The molecule has 0 spiro atoms. The van der Waals surface area contributed by atoms with Gasteiger partial charge in [-0.2, -0.15) is 0 Å². The third kappa shape index (κ3) is 5.56. The van der Waals surface area contributed by atoms with Gasteiger partial charge in [0.05, 0.1) is 5.92 Å². The zero-order chi connectivity index (χ0) is 23.5. The average Bonchev–Trinajstić information content (AvgIpc) is 2.94. The second-order valence-electron chi connectivity index (χ2n) is 12.0. The normalized spacial score (nSPS) is 29.0. The lowest BCUT2D eigenvalue weighted by Crippen LogP contribution is -2.66. The monoisotopic (exact) mass is 446 g/mol. The minimum atomic E-state index is -0.385. The van der Waals surface area contributed by atoms with Crippen molar-refractivity contribution >= 4 is 17.7 Å². The summed E-state index contributed by atoms with van der Waals surface area (Å²) in [5.41, 5.74) is -0.770. The smallest absolute Gasteiger partial charge is 0.233 e. The summed E-state index contributed by atoms with van der Waals surface area (Å²) < 4.78 is 0. The second-order valence-corrected chi connectivity index (χ2v) is 12.0. The maximum Gasteiger partial charge on any atom is 0.233 e. The van der Waals surface area contributed by atoms with Crippen molar-refractivity contribution < 1.29 is 14.4 Å². The molecule has 1 aliphatic carbocycles. The molecule has 1 atom stereocenters. The first-order valence-electron chi connectivity index (χ1n) is 13.2. The van der Waals surface area contributed by atoms with Crippen molar-refractivity contribution in [1.29, 1.82) is 0 Å². The van der Waals surface area contributed by atoms with Crippen LogP contribution < -0.4 is 0 Å². The molecule has 3 rings (SSSR count). The van der Waals surface area contributed by atoms with Crippen molar-refractivity contribution in [3.8, 4) is 0 Å². The van der Waals surface area contributed by atoms with Gasteiger partial charge in [0, 0.05) is 30.5 Å². The highest BCUT2D eigenvalue weighted by Crippen LogP contribution is 2.43. The van der Waals surface area contributed by atoms with E-state index in [9.17, 15) is 14.4 Å². The zero-order valence-electron chi connectivity index (χ0n) is 21.3. The molecule has 5 nitrogen and oxygen atoms in total. The SMILES string of the molecule is CC(=O)N1C(C)(C)CC(N2C(=O)CC(C3CCCCCCCCCCC3)C2=O)CC1(C)C. The van der Waals surface area contributed by atoms with E-state index in [4.69, 9.17) is 0 Å². The molecule has 2 heterocycles. The molecule has 32 heavy (non-hydrogen) atoms. The highest BCUT2D eigenvalue weighted by Gasteiger charge is 2.53. The summed E-state index contributed by atoms with van der Waals surface area (Å²) in [7, 11) is 0. The Bertz CT molecular complexity index is 669. The second kappa shape index (κ2) is 10.3. The van der Waals surface area contributed by atoms with Gasteiger partial charge in [-0.15, -0.1) is 0 Å². The van der Waals surface area contributed by atoms with Gasteiger partial charge < -0.3 is 4.90 Å². The Balaban J connectivity index is 1.73. The van der Waals surface area contributed by atoms with Crippen LogP contribution in [0.3, 0.4) is 0 Å². The lowest BCUT2D eigenvalue weighted by molar-refractivity contribution is -0.155. The Morgan fingerprint density at radius 3 is 1.66 bits per heavy atom. The van der Waals surface area contributed by atoms with E-state index in [1.54, 1.807) is 11.8 Å². The van der Waals surface area contributed by atoms with Gasteiger partial charge in [0.25, 0.3) is 0 Å². The maximum atomic E-state index is 13.7. The number of hydrogen-bond acceptors (Lipinski definition) is 3. The lowest BCUT2D eigenvalue weighted by atomic mass is 9.76. The summed E-state index contributed by atoms with van der Waals surface area (Å²) in [5.74, 6) is 0.347. The molecule has 0 aromatic heterocycles. The van der Waals surface area contributed by atoms with Gasteiger partial charge in [-0.25, -0.2) is 0 Å². The zero-order valence-corrected chi connectivity index (χ0v) is 21.3. The summed E-state index contributed by atoms with van der Waals surface area (Å²) in [6.07, 6.45) is 15.4. The summed E-state index contributed by atoms with van der Waals surface area (Å²) in [6.45, 7) is 9.89. The highest BCUT2D eigenvalue weighted by atomic mass is 16.2. The number of rotatable bonds is 2. The van der Waals surface area contributed by atoms with Crippen LogP contribution in [0, 0.1) is 11.8 Å². The first-order chi connectivity index (χ1) is 15.0. The third-order valence-electron chi connectivity index (χ3n) is 8.30. The van der Waals surface area contributed by atoms with Gasteiger partial charge in [0.2, 0.25) is 17.7 Å². The van der Waals surface area contributed by atoms with Gasteiger partial charge in [-0.05, 0) is 59.3 Å². The quantitative estimate of drug-likeness (QED) is 0.500. The van der Waals surface area contributed by atoms with Crippen LogP contribution >= 0.6 is 0 Å². The molecule has 3 aliphatic rings. The molecule has 0 aromatic carbocycles.